The zero-order valence-corrected chi connectivity index (χ0v) is 10.7. The molecule has 0 spiro atoms. The Hall–Kier alpha value is -1.79. The Morgan fingerprint density at radius 3 is 2.61 bits per heavy atom. The molecule has 0 aromatic heterocycles. The van der Waals surface area contributed by atoms with E-state index in [2.05, 4.69) is 5.32 Å². The number of urea groups is 1. The van der Waals surface area contributed by atoms with Gasteiger partial charge < -0.3 is 20.2 Å². The van der Waals surface area contributed by atoms with Crippen LogP contribution in [0.25, 0.3) is 0 Å². The number of hydrogen-bond donors (Lipinski definition) is 2. The van der Waals surface area contributed by atoms with Crippen LogP contribution in [0, 0.1) is 0 Å². The summed E-state index contributed by atoms with van der Waals surface area (Å²) in [7, 11) is 1.50. The maximum atomic E-state index is 12.2. The molecule has 0 saturated carbocycles. The molecule has 0 unspecified atom stereocenters. The molecule has 1 rings (SSSR count). The number of carboxylic acid groups (broad SMARTS) is 1. The Morgan fingerprint density at radius 1 is 1.44 bits per heavy atom. The number of amides is 3. The summed E-state index contributed by atoms with van der Waals surface area (Å²) < 4.78 is 0. The summed E-state index contributed by atoms with van der Waals surface area (Å²) in [5.74, 6) is -1.26. The largest absolute Gasteiger partial charge is 0.480 e. The van der Waals surface area contributed by atoms with Crippen molar-refractivity contribution in [1.82, 2.24) is 15.1 Å². The molecule has 1 saturated heterocycles. The van der Waals surface area contributed by atoms with Gasteiger partial charge in [0.15, 0.2) is 0 Å². The Bertz CT molecular complexity index is 345. The average Bonchev–Trinajstić information content (AvgIpc) is 2.83. The molecular weight excluding hydrogens is 238 g/mol. The van der Waals surface area contributed by atoms with Gasteiger partial charge in [0.2, 0.25) is 5.91 Å². The lowest BCUT2D eigenvalue weighted by atomic mass is 10.2. The van der Waals surface area contributed by atoms with Crippen molar-refractivity contribution in [2.45, 2.75) is 25.8 Å². The molecule has 0 aromatic rings. The first kappa shape index (κ1) is 14.3. The fourth-order valence-corrected chi connectivity index (χ4v) is 2.00. The van der Waals surface area contributed by atoms with Crippen molar-refractivity contribution in [3.8, 4) is 0 Å². The highest BCUT2D eigenvalue weighted by Gasteiger charge is 2.36. The van der Waals surface area contributed by atoms with E-state index in [-0.39, 0.29) is 18.5 Å². The van der Waals surface area contributed by atoms with Gasteiger partial charge in [0, 0.05) is 20.1 Å². The van der Waals surface area contributed by atoms with E-state index in [9.17, 15) is 14.4 Å². The number of hydrogen-bond acceptors (Lipinski definition) is 3. The first-order valence-electron chi connectivity index (χ1n) is 6.00. The maximum Gasteiger partial charge on any atom is 0.326 e. The van der Waals surface area contributed by atoms with E-state index in [1.54, 1.807) is 6.92 Å². The van der Waals surface area contributed by atoms with Crippen LogP contribution in [0.1, 0.15) is 19.8 Å². The molecule has 0 bridgehead atoms. The minimum absolute atomic E-state index is 0.0470. The first-order valence-corrected chi connectivity index (χ1v) is 6.00. The molecule has 0 aliphatic carbocycles. The number of nitrogens with zero attached hydrogens (tertiary/aromatic N) is 2. The third kappa shape index (κ3) is 3.12. The van der Waals surface area contributed by atoms with E-state index >= 15 is 0 Å². The third-order valence-electron chi connectivity index (χ3n) is 3.05. The average molecular weight is 257 g/mol. The third-order valence-corrected chi connectivity index (χ3v) is 3.05. The van der Waals surface area contributed by atoms with E-state index in [0.717, 1.165) is 0 Å². The minimum Gasteiger partial charge on any atom is -0.480 e. The van der Waals surface area contributed by atoms with Gasteiger partial charge in [-0.3, -0.25) is 4.79 Å². The molecule has 3 amide bonds. The topological polar surface area (TPSA) is 90.0 Å². The van der Waals surface area contributed by atoms with Crippen molar-refractivity contribution in [3.63, 3.8) is 0 Å². The zero-order valence-electron chi connectivity index (χ0n) is 10.7. The lowest BCUT2D eigenvalue weighted by Crippen LogP contribution is -2.50. The fraction of sp³-hybridized carbons (Fsp3) is 0.727. The van der Waals surface area contributed by atoms with Crippen molar-refractivity contribution in [2.75, 3.05) is 26.7 Å². The second-order valence-corrected chi connectivity index (χ2v) is 4.16. The van der Waals surface area contributed by atoms with Gasteiger partial charge in [0.05, 0.1) is 0 Å². The van der Waals surface area contributed by atoms with Crippen molar-refractivity contribution in [3.05, 3.63) is 0 Å². The molecule has 1 fully saturated rings. The molecule has 0 radical (unpaired) electrons. The molecule has 1 atom stereocenters. The lowest BCUT2D eigenvalue weighted by Gasteiger charge is -2.28. The molecule has 7 nitrogen and oxygen atoms in total. The van der Waals surface area contributed by atoms with Crippen LogP contribution in [-0.4, -0.2) is 65.5 Å². The second kappa shape index (κ2) is 6.23. The summed E-state index contributed by atoms with van der Waals surface area (Å²) in [5, 5.41) is 11.5. The number of aliphatic carboxylic acids is 1. The summed E-state index contributed by atoms with van der Waals surface area (Å²) >= 11 is 0. The van der Waals surface area contributed by atoms with E-state index in [1.807, 2.05) is 0 Å². The van der Waals surface area contributed by atoms with Gasteiger partial charge in [-0.05, 0) is 19.8 Å². The highest BCUT2D eigenvalue weighted by molar-refractivity contribution is 5.87. The number of likely N-dealkylation sites (N-methyl/N-ethyl adjacent to an activating group) is 2. The van der Waals surface area contributed by atoms with E-state index < -0.39 is 12.0 Å². The second-order valence-electron chi connectivity index (χ2n) is 4.16. The number of nitrogens with one attached hydrogen (secondary N) is 1. The zero-order chi connectivity index (χ0) is 13.7. The van der Waals surface area contributed by atoms with Crippen molar-refractivity contribution in [1.29, 1.82) is 0 Å². The number of rotatable bonds is 4. The predicted molar refractivity (Wildman–Crippen MR) is 64.1 cm³/mol. The van der Waals surface area contributed by atoms with Crippen LogP contribution < -0.4 is 5.32 Å². The molecule has 2 N–H and O–H groups in total. The standard InChI is InChI=1S/C11H19N3O4/c1-3-13(7-9(15)12-2)11(18)14-6-4-5-8(14)10(16)17/h8H,3-7H2,1-2H3,(H,12,15)(H,16,17)/t8-/m0/s1. The van der Waals surface area contributed by atoms with Gasteiger partial charge in [0.1, 0.15) is 12.6 Å². The van der Waals surface area contributed by atoms with Gasteiger partial charge in [-0.1, -0.05) is 0 Å². The Morgan fingerprint density at radius 2 is 2.11 bits per heavy atom. The first-order chi connectivity index (χ1) is 8.51. The summed E-state index contributed by atoms with van der Waals surface area (Å²) in [6, 6.07) is -1.15. The van der Waals surface area contributed by atoms with E-state index in [1.165, 1.54) is 16.8 Å². The van der Waals surface area contributed by atoms with Gasteiger partial charge >= 0.3 is 12.0 Å². The number of carboxylic acids is 1. The number of likely N-dealkylation sites (tertiary alicyclic amines) is 1. The number of carbonyl (C=O) groups is 3. The van der Waals surface area contributed by atoms with E-state index in [0.29, 0.717) is 25.9 Å². The van der Waals surface area contributed by atoms with Crippen LogP contribution in [0.5, 0.6) is 0 Å². The monoisotopic (exact) mass is 257 g/mol. The van der Waals surface area contributed by atoms with Crippen LogP contribution >= 0.6 is 0 Å². The molecule has 102 valence electrons. The molecule has 18 heavy (non-hydrogen) atoms. The molecule has 1 heterocycles. The maximum absolute atomic E-state index is 12.2. The predicted octanol–water partition coefficient (Wildman–Crippen LogP) is -0.277. The molecule has 1 aliphatic heterocycles. The Kier molecular flexibility index (Phi) is 4.94. The molecule has 0 aromatic carbocycles. The van der Waals surface area contributed by atoms with Crippen molar-refractivity contribution in [2.24, 2.45) is 0 Å². The Labute approximate surface area is 106 Å². The lowest BCUT2D eigenvalue weighted by molar-refractivity contribution is -0.141. The highest BCUT2D eigenvalue weighted by atomic mass is 16.4. The van der Waals surface area contributed by atoms with Crippen molar-refractivity contribution < 1.29 is 19.5 Å². The van der Waals surface area contributed by atoms with Gasteiger partial charge in [-0.25, -0.2) is 9.59 Å². The smallest absolute Gasteiger partial charge is 0.326 e. The van der Waals surface area contributed by atoms with Crippen LogP contribution in [0.2, 0.25) is 0 Å². The summed E-state index contributed by atoms with van der Waals surface area (Å²) in [6.45, 7) is 2.51. The number of carbonyl (C=O) groups excluding carboxylic acids is 2. The summed E-state index contributed by atoms with van der Waals surface area (Å²) in [5.41, 5.74) is 0. The van der Waals surface area contributed by atoms with Crippen molar-refractivity contribution >= 4 is 17.9 Å². The molecule has 1 aliphatic rings. The SMILES string of the molecule is CCN(CC(=O)NC)C(=O)N1CCC[C@H]1C(=O)O. The normalized spacial score (nSPS) is 18.6. The quantitative estimate of drug-likeness (QED) is 0.725. The molecule has 7 heteroatoms. The highest BCUT2D eigenvalue weighted by Crippen LogP contribution is 2.19. The fourth-order valence-electron chi connectivity index (χ4n) is 2.00. The van der Waals surface area contributed by atoms with Crippen LogP contribution in [-0.2, 0) is 9.59 Å². The minimum atomic E-state index is -0.989. The summed E-state index contributed by atoms with van der Waals surface area (Å²) in [6.07, 6.45) is 1.15. The van der Waals surface area contributed by atoms with Crippen LogP contribution in [0.15, 0.2) is 0 Å². The van der Waals surface area contributed by atoms with Crippen LogP contribution in [0.3, 0.4) is 0 Å². The Balaban J connectivity index is 2.71. The van der Waals surface area contributed by atoms with Gasteiger partial charge in [-0.15, -0.1) is 0 Å². The van der Waals surface area contributed by atoms with Crippen LogP contribution in [0.4, 0.5) is 4.79 Å². The van der Waals surface area contributed by atoms with Gasteiger partial charge in [-0.2, -0.15) is 0 Å². The molecular formula is C11H19N3O4. The van der Waals surface area contributed by atoms with E-state index in [4.69, 9.17) is 5.11 Å². The van der Waals surface area contributed by atoms with Gasteiger partial charge in [0.25, 0.3) is 0 Å². The summed E-state index contributed by atoms with van der Waals surface area (Å²) in [4.78, 5) is 37.1.